The number of allylic oxidation sites excluding steroid dienone is 6. The van der Waals surface area contributed by atoms with Crippen molar-refractivity contribution >= 4 is 16.5 Å². The molecule has 2 aliphatic carbocycles. The van der Waals surface area contributed by atoms with Crippen LogP contribution >= 0.6 is 0 Å². The van der Waals surface area contributed by atoms with Crippen LogP contribution in [-0.4, -0.2) is 15.0 Å². The molecular formula is C33H35FN4. The van der Waals surface area contributed by atoms with Crippen LogP contribution in [0.25, 0.3) is 27.9 Å². The minimum absolute atomic E-state index is 0.111. The average molecular weight is 507 g/mol. The van der Waals surface area contributed by atoms with Crippen molar-refractivity contribution in [2.24, 2.45) is 11.8 Å². The Balaban J connectivity index is 0.000000617. The van der Waals surface area contributed by atoms with E-state index in [-0.39, 0.29) is 5.92 Å². The van der Waals surface area contributed by atoms with Crippen molar-refractivity contribution in [3.8, 4) is 17.5 Å². The van der Waals surface area contributed by atoms with Gasteiger partial charge in [-0.15, -0.1) is 0 Å². The molecule has 0 aliphatic heterocycles. The van der Waals surface area contributed by atoms with Crippen LogP contribution in [-0.2, 0) is 6.42 Å². The highest BCUT2D eigenvalue weighted by Crippen LogP contribution is 2.46. The Morgan fingerprint density at radius 2 is 2.00 bits per heavy atom. The summed E-state index contributed by atoms with van der Waals surface area (Å²) >= 11 is 0. The Morgan fingerprint density at radius 3 is 2.68 bits per heavy atom. The predicted octanol–water partition coefficient (Wildman–Crippen LogP) is 8.69. The second-order valence-electron chi connectivity index (χ2n) is 10.3. The molecule has 5 heteroatoms. The van der Waals surface area contributed by atoms with Crippen LogP contribution in [0.15, 0.2) is 79.3 Å². The molecular weight excluding hydrogens is 471 g/mol. The number of fused-ring (bicyclic) bond motifs is 4. The molecule has 0 amide bonds. The lowest BCUT2D eigenvalue weighted by Gasteiger charge is -2.36. The largest absolute Gasteiger partial charge is 0.256 e. The Labute approximate surface area is 225 Å². The van der Waals surface area contributed by atoms with Crippen molar-refractivity contribution in [2.75, 3.05) is 0 Å². The first-order valence-electron chi connectivity index (χ1n) is 13.4. The number of nitriles is 1. The molecule has 3 aromatic rings. The molecule has 0 fully saturated rings. The zero-order valence-electron chi connectivity index (χ0n) is 22.5. The fraction of sp³-hybridized carbons (Fsp3) is 0.333. The Kier molecular flexibility index (Phi) is 8.63. The second-order valence-corrected chi connectivity index (χ2v) is 10.3. The second kappa shape index (κ2) is 12.1. The number of benzene rings is 1. The first kappa shape index (κ1) is 27.1. The van der Waals surface area contributed by atoms with Crippen LogP contribution in [0.2, 0.25) is 0 Å². The topological polar surface area (TPSA) is 62.5 Å². The van der Waals surface area contributed by atoms with Gasteiger partial charge in [0.1, 0.15) is 5.83 Å². The summed E-state index contributed by atoms with van der Waals surface area (Å²) in [6.45, 7) is 13.9. The molecule has 0 radical (unpaired) electrons. The summed E-state index contributed by atoms with van der Waals surface area (Å²) in [5.74, 6) is 1.40. The number of aromatic nitrogens is 3. The van der Waals surface area contributed by atoms with E-state index in [9.17, 15) is 9.65 Å². The summed E-state index contributed by atoms with van der Waals surface area (Å²) in [4.78, 5) is 14.4. The van der Waals surface area contributed by atoms with Gasteiger partial charge in [0.05, 0.1) is 23.0 Å². The highest BCUT2D eigenvalue weighted by Gasteiger charge is 2.36. The van der Waals surface area contributed by atoms with E-state index in [1.54, 1.807) is 18.3 Å². The summed E-state index contributed by atoms with van der Waals surface area (Å²) < 4.78 is 14.6. The van der Waals surface area contributed by atoms with Gasteiger partial charge in [-0.25, -0.2) is 14.4 Å². The highest BCUT2D eigenvalue weighted by atomic mass is 19.1. The zero-order chi connectivity index (χ0) is 27.2. The van der Waals surface area contributed by atoms with Crippen molar-refractivity contribution in [3.63, 3.8) is 0 Å². The minimum Gasteiger partial charge on any atom is -0.256 e. The molecule has 0 N–H and O–H groups in total. The molecule has 2 aliphatic rings. The van der Waals surface area contributed by atoms with Crippen molar-refractivity contribution in [2.45, 2.75) is 58.8 Å². The molecule has 1 aromatic carbocycles. The number of hydrogen-bond donors (Lipinski definition) is 0. The SMILES string of the molecule is C=C/C=C(\C(=C)F)c1nc(-c2ccnc3ccccc23)nc2c1CCC1CC=C(C#N)CC21.CCC(C)C. The fourth-order valence-electron chi connectivity index (χ4n) is 5.11. The van der Waals surface area contributed by atoms with Gasteiger partial charge in [-0.3, -0.25) is 4.98 Å². The first-order valence-corrected chi connectivity index (χ1v) is 13.4. The lowest BCUT2D eigenvalue weighted by atomic mass is 9.70. The molecule has 38 heavy (non-hydrogen) atoms. The van der Waals surface area contributed by atoms with Gasteiger partial charge in [0.2, 0.25) is 0 Å². The standard InChI is InChI=1S/C28H23FN4.C5H12/c1-3-6-20(17(2)29)26-23-12-11-19-10-9-18(16-30)15-24(19)27(23)33-28(32-26)22-13-14-31-25-8-5-4-7-21(22)25;1-4-5(2)3/h3-9,13-14,19,24H,1-2,10-12,15H2;5H,4H2,1-3H3/b20-6+;. The van der Waals surface area contributed by atoms with Gasteiger partial charge in [0.15, 0.2) is 5.82 Å². The number of hydrogen-bond acceptors (Lipinski definition) is 4. The maximum Gasteiger partial charge on any atom is 0.160 e. The van der Waals surface area contributed by atoms with E-state index in [0.717, 1.165) is 58.5 Å². The van der Waals surface area contributed by atoms with Gasteiger partial charge < -0.3 is 0 Å². The maximum atomic E-state index is 14.6. The van der Waals surface area contributed by atoms with Crippen LogP contribution in [0.3, 0.4) is 0 Å². The zero-order valence-corrected chi connectivity index (χ0v) is 22.5. The third-order valence-electron chi connectivity index (χ3n) is 7.51. The molecule has 2 unspecified atom stereocenters. The molecule has 0 bridgehead atoms. The third kappa shape index (κ3) is 5.65. The van der Waals surface area contributed by atoms with Crippen LogP contribution in [0, 0.1) is 23.2 Å². The lowest BCUT2D eigenvalue weighted by molar-refractivity contribution is 0.351. The third-order valence-corrected chi connectivity index (χ3v) is 7.51. The van der Waals surface area contributed by atoms with Gasteiger partial charge >= 0.3 is 0 Å². The van der Waals surface area contributed by atoms with E-state index in [4.69, 9.17) is 9.97 Å². The molecule has 4 nitrogen and oxygen atoms in total. The lowest BCUT2D eigenvalue weighted by Crippen LogP contribution is -2.26. The molecule has 2 aromatic heterocycles. The quantitative estimate of drug-likeness (QED) is 0.325. The molecule has 0 spiro atoms. The van der Waals surface area contributed by atoms with E-state index < -0.39 is 5.83 Å². The number of para-hydroxylation sites is 1. The van der Waals surface area contributed by atoms with E-state index in [0.29, 0.717) is 29.4 Å². The minimum atomic E-state index is -0.551. The van der Waals surface area contributed by atoms with E-state index in [1.165, 1.54) is 6.42 Å². The van der Waals surface area contributed by atoms with Crippen LogP contribution in [0.4, 0.5) is 4.39 Å². The molecule has 194 valence electrons. The number of rotatable bonds is 5. The van der Waals surface area contributed by atoms with Crippen molar-refractivity contribution < 1.29 is 4.39 Å². The summed E-state index contributed by atoms with van der Waals surface area (Å²) in [5, 5.41) is 10.5. The number of nitrogens with zero attached hydrogens (tertiary/aromatic N) is 4. The number of pyridine rings is 1. The molecule has 2 heterocycles. The normalized spacial score (nSPS) is 18.4. The predicted molar refractivity (Wildman–Crippen MR) is 154 cm³/mol. The monoisotopic (exact) mass is 506 g/mol. The Morgan fingerprint density at radius 1 is 1.24 bits per heavy atom. The number of halogens is 1. The summed E-state index contributed by atoms with van der Waals surface area (Å²) in [6.07, 6.45) is 11.5. The van der Waals surface area contributed by atoms with Gasteiger partial charge in [-0.1, -0.05) is 76.8 Å². The van der Waals surface area contributed by atoms with Crippen LogP contribution in [0.5, 0.6) is 0 Å². The van der Waals surface area contributed by atoms with Crippen molar-refractivity contribution in [1.29, 1.82) is 5.26 Å². The average Bonchev–Trinajstić information content (AvgIpc) is 2.94. The summed E-state index contributed by atoms with van der Waals surface area (Å²) in [5.41, 5.74) is 5.25. The fourth-order valence-corrected chi connectivity index (χ4v) is 5.11. The van der Waals surface area contributed by atoms with E-state index in [1.807, 2.05) is 30.3 Å². The van der Waals surface area contributed by atoms with Crippen molar-refractivity contribution in [1.82, 2.24) is 15.0 Å². The van der Waals surface area contributed by atoms with E-state index >= 15 is 0 Å². The van der Waals surface area contributed by atoms with Gasteiger partial charge in [0, 0.05) is 39.8 Å². The van der Waals surface area contributed by atoms with Gasteiger partial charge in [-0.2, -0.15) is 5.26 Å². The molecule has 5 rings (SSSR count). The van der Waals surface area contributed by atoms with Crippen LogP contribution in [0.1, 0.15) is 69.3 Å². The molecule has 0 saturated carbocycles. The van der Waals surface area contributed by atoms with Gasteiger partial charge in [0.25, 0.3) is 0 Å². The Bertz CT molecular complexity index is 1450. The van der Waals surface area contributed by atoms with Crippen LogP contribution < -0.4 is 0 Å². The smallest absolute Gasteiger partial charge is 0.160 e. The van der Waals surface area contributed by atoms with Gasteiger partial charge in [-0.05, 0) is 49.7 Å². The maximum absolute atomic E-state index is 14.6. The summed E-state index contributed by atoms with van der Waals surface area (Å²) in [6, 6.07) is 12.1. The molecule has 2 atom stereocenters. The summed E-state index contributed by atoms with van der Waals surface area (Å²) in [7, 11) is 0. The Hall–Kier alpha value is -3.91. The van der Waals surface area contributed by atoms with E-state index in [2.05, 4.69) is 51.1 Å². The van der Waals surface area contributed by atoms with Crippen molar-refractivity contribution in [3.05, 3.63) is 96.3 Å². The molecule has 0 saturated heterocycles. The highest BCUT2D eigenvalue weighted by molar-refractivity contribution is 5.93. The first-order chi connectivity index (χ1) is 18.4.